The van der Waals surface area contributed by atoms with Crippen LogP contribution in [0.25, 0.3) is 22.1 Å². The van der Waals surface area contributed by atoms with E-state index in [1.807, 2.05) is 76.7 Å². The monoisotopic (exact) mass is 772 g/mol. The lowest BCUT2D eigenvalue weighted by molar-refractivity contribution is 0.0301. The Labute approximate surface area is 329 Å². The Morgan fingerprint density at radius 1 is 0.596 bits per heavy atom. The number of ether oxygens (including phenoxy) is 3. The lowest BCUT2D eigenvalue weighted by atomic mass is 10.1. The number of benzene rings is 4. The van der Waals surface area contributed by atoms with Crippen LogP contribution in [0, 0.1) is 13.8 Å². The molecule has 2 amide bonds. The van der Waals surface area contributed by atoms with Gasteiger partial charge in [0.15, 0.2) is 0 Å². The van der Waals surface area contributed by atoms with Gasteiger partial charge in [0.1, 0.15) is 11.6 Å². The number of carbonyl (C=O) groups excluding carboxylic acids is 3. The minimum Gasteiger partial charge on any atom is -0.478 e. The van der Waals surface area contributed by atoms with Crippen LogP contribution in [0.4, 0.5) is 0 Å². The van der Waals surface area contributed by atoms with Gasteiger partial charge in [-0.05, 0) is 85.6 Å². The van der Waals surface area contributed by atoms with Crippen molar-refractivity contribution in [3.05, 3.63) is 130 Å². The normalized spacial score (nSPS) is 14.3. The number of aryl methyl sites for hydroxylation is 2. The molecule has 294 valence electrons. The maximum atomic E-state index is 12.8. The van der Waals surface area contributed by atoms with Gasteiger partial charge in [0.25, 0.3) is 11.8 Å². The molecule has 0 aliphatic carbocycles. The van der Waals surface area contributed by atoms with Crippen LogP contribution in [-0.2, 0) is 27.3 Å². The van der Waals surface area contributed by atoms with Crippen molar-refractivity contribution >= 4 is 45.8 Å². The second-order valence-electron chi connectivity index (χ2n) is 13.9. The van der Waals surface area contributed by atoms with Crippen LogP contribution in [0.5, 0.6) is 0 Å². The summed E-state index contributed by atoms with van der Waals surface area (Å²) in [6, 6.07) is 25.3. The molecule has 0 radical (unpaired) electrons. The van der Waals surface area contributed by atoms with Gasteiger partial charge < -0.3 is 38.3 Å². The van der Waals surface area contributed by atoms with E-state index in [0.29, 0.717) is 82.4 Å². The Morgan fingerprint density at radius 2 is 0.982 bits per heavy atom. The van der Waals surface area contributed by atoms with E-state index in [0.717, 1.165) is 44.8 Å². The first-order valence-electron chi connectivity index (χ1n) is 18.8. The summed E-state index contributed by atoms with van der Waals surface area (Å²) in [5, 5.41) is 9.05. The van der Waals surface area contributed by atoms with Crippen LogP contribution in [0.15, 0.2) is 84.9 Å². The summed E-state index contributed by atoms with van der Waals surface area (Å²) in [4.78, 5) is 61.2. The van der Waals surface area contributed by atoms with Gasteiger partial charge in [0.05, 0.1) is 66.7 Å². The number of carboxylic acids is 1. The molecule has 0 unspecified atom stereocenters. The molecule has 6 aromatic rings. The van der Waals surface area contributed by atoms with Crippen molar-refractivity contribution in [3.63, 3.8) is 0 Å². The molecular formula is C43H44N6O8. The highest BCUT2D eigenvalue weighted by Crippen LogP contribution is 2.23. The fourth-order valence-electron chi connectivity index (χ4n) is 7.03. The van der Waals surface area contributed by atoms with Gasteiger partial charge >= 0.3 is 11.9 Å². The lowest BCUT2D eigenvalue weighted by Gasteiger charge is -2.26. The first kappa shape index (κ1) is 38.9. The average molecular weight is 773 g/mol. The van der Waals surface area contributed by atoms with Crippen LogP contribution in [-0.4, -0.2) is 117 Å². The number of aromatic carboxylic acids is 1. The molecule has 2 aliphatic heterocycles. The number of nitrogens with zero attached hydrogens (tertiary/aromatic N) is 6. The maximum Gasteiger partial charge on any atom is 0.337 e. The van der Waals surface area contributed by atoms with Gasteiger partial charge in [-0.2, -0.15) is 0 Å². The number of carboxylic acid groups (broad SMARTS) is 1. The number of hydrogen-bond acceptors (Lipinski definition) is 9. The smallest absolute Gasteiger partial charge is 0.337 e. The van der Waals surface area contributed by atoms with E-state index in [9.17, 15) is 19.2 Å². The number of aromatic nitrogens is 4. The third kappa shape index (κ3) is 8.72. The number of rotatable bonds is 8. The van der Waals surface area contributed by atoms with E-state index in [1.54, 1.807) is 36.4 Å². The number of esters is 1. The number of imidazole rings is 2. The highest BCUT2D eigenvalue weighted by atomic mass is 16.5. The Kier molecular flexibility index (Phi) is 11.7. The van der Waals surface area contributed by atoms with Gasteiger partial charge in [-0.1, -0.05) is 24.3 Å². The molecule has 2 aliphatic rings. The first-order chi connectivity index (χ1) is 27.6. The molecule has 0 bridgehead atoms. The fraction of sp³-hybridized carbons (Fsp3) is 0.302. The summed E-state index contributed by atoms with van der Waals surface area (Å²) in [6.45, 7) is 9.74. The number of morpholine rings is 2. The lowest BCUT2D eigenvalue weighted by Crippen LogP contribution is -2.40. The molecule has 0 atom stereocenters. The zero-order valence-electron chi connectivity index (χ0n) is 32.1. The van der Waals surface area contributed by atoms with E-state index in [2.05, 4.69) is 14.5 Å². The van der Waals surface area contributed by atoms with Gasteiger partial charge in [-0.25, -0.2) is 19.6 Å². The van der Waals surface area contributed by atoms with Crippen molar-refractivity contribution in [1.82, 2.24) is 28.9 Å². The molecule has 2 saturated heterocycles. The van der Waals surface area contributed by atoms with Gasteiger partial charge in [0.2, 0.25) is 0 Å². The van der Waals surface area contributed by atoms with Crippen LogP contribution in [0.1, 0.15) is 64.2 Å². The summed E-state index contributed by atoms with van der Waals surface area (Å²) >= 11 is 0. The Bertz CT molecular complexity index is 2420. The molecular weight excluding hydrogens is 729 g/mol. The summed E-state index contributed by atoms with van der Waals surface area (Å²) in [5.74, 6) is 0.430. The third-order valence-corrected chi connectivity index (χ3v) is 10.2. The standard InChI is InChI=1S/C22H23N3O4.C21H21N3O4/c1-15-23-19-8-7-18(21(26)24-9-11-29-12-10-24)13-20(19)25(15)14-16-3-5-17(6-4-16)22(27)28-2;1-14-22-18-7-6-17(20(25)23-8-10-28-11-9-23)12-19(18)24(14)13-15-2-4-16(5-3-15)21(26)27/h3-8,13H,9-12,14H2,1-2H3;2-7,12H,8-11,13H2,1H3,(H,26,27). The largest absolute Gasteiger partial charge is 0.478 e. The zero-order chi connectivity index (χ0) is 40.1. The zero-order valence-corrected chi connectivity index (χ0v) is 32.1. The molecule has 14 heteroatoms. The van der Waals surface area contributed by atoms with E-state index < -0.39 is 5.97 Å². The molecule has 4 aromatic carbocycles. The molecule has 1 N–H and O–H groups in total. The molecule has 8 rings (SSSR count). The number of fused-ring (bicyclic) bond motifs is 2. The van der Waals surface area contributed by atoms with Crippen LogP contribution in [0.3, 0.4) is 0 Å². The minimum absolute atomic E-state index is 0.00131. The summed E-state index contributed by atoms with van der Waals surface area (Å²) < 4.78 is 19.5. The Morgan fingerprint density at radius 3 is 1.37 bits per heavy atom. The second kappa shape index (κ2) is 17.2. The molecule has 0 saturated carbocycles. The van der Waals surface area contributed by atoms with E-state index >= 15 is 0 Å². The van der Waals surface area contributed by atoms with Crippen LogP contribution in [0.2, 0.25) is 0 Å². The van der Waals surface area contributed by atoms with Crippen molar-refractivity contribution in [2.75, 3.05) is 59.7 Å². The summed E-state index contributed by atoms with van der Waals surface area (Å²) in [5.41, 5.74) is 7.56. The molecule has 57 heavy (non-hydrogen) atoms. The highest BCUT2D eigenvalue weighted by Gasteiger charge is 2.22. The van der Waals surface area contributed by atoms with Crippen LogP contribution >= 0.6 is 0 Å². The Balaban J connectivity index is 0.000000174. The fourth-order valence-corrected chi connectivity index (χ4v) is 7.03. The van der Waals surface area contributed by atoms with E-state index in [4.69, 9.17) is 19.3 Å². The van der Waals surface area contributed by atoms with E-state index in [1.165, 1.54) is 7.11 Å². The third-order valence-electron chi connectivity index (χ3n) is 10.2. The van der Waals surface area contributed by atoms with Crippen molar-refractivity contribution in [2.45, 2.75) is 26.9 Å². The second-order valence-corrected chi connectivity index (χ2v) is 13.9. The van der Waals surface area contributed by atoms with Gasteiger partial charge in [-0.15, -0.1) is 0 Å². The SMILES string of the molecule is COC(=O)c1ccc(Cn2c(C)nc3ccc(C(=O)N4CCOCC4)cc32)cc1.Cc1nc2ccc(C(=O)N3CCOCC3)cc2n1Cc1ccc(C(=O)O)cc1. The van der Waals surface area contributed by atoms with Crippen molar-refractivity contribution < 1.29 is 38.5 Å². The molecule has 2 aromatic heterocycles. The number of methoxy groups -OCH3 is 1. The predicted octanol–water partition coefficient (Wildman–Crippen LogP) is 5.22. The molecule has 14 nitrogen and oxygen atoms in total. The van der Waals surface area contributed by atoms with Crippen molar-refractivity contribution in [3.8, 4) is 0 Å². The summed E-state index contributed by atoms with van der Waals surface area (Å²) in [6.07, 6.45) is 0. The van der Waals surface area contributed by atoms with E-state index in [-0.39, 0.29) is 23.3 Å². The maximum absolute atomic E-state index is 12.8. The number of carbonyl (C=O) groups is 4. The van der Waals surface area contributed by atoms with Crippen molar-refractivity contribution in [2.24, 2.45) is 0 Å². The van der Waals surface area contributed by atoms with Crippen molar-refractivity contribution in [1.29, 1.82) is 0 Å². The quantitative estimate of drug-likeness (QED) is 0.204. The summed E-state index contributed by atoms with van der Waals surface area (Å²) in [7, 11) is 1.37. The molecule has 2 fully saturated rings. The minimum atomic E-state index is -0.943. The van der Waals surface area contributed by atoms with Gasteiger partial charge in [0, 0.05) is 50.4 Å². The van der Waals surface area contributed by atoms with Gasteiger partial charge in [-0.3, -0.25) is 9.59 Å². The molecule has 0 spiro atoms. The van der Waals surface area contributed by atoms with Crippen LogP contribution < -0.4 is 0 Å². The predicted molar refractivity (Wildman–Crippen MR) is 212 cm³/mol. The number of amides is 2. The topological polar surface area (TPSA) is 158 Å². The number of hydrogen-bond donors (Lipinski definition) is 1. The molecule has 4 heterocycles. The first-order valence-corrected chi connectivity index (χ1v) is 18.8. The average Bonchev–Trinajstić information content (AvgIpc) is 3.73. The Hall–Kier alpha value is -6.38. The highest BCUT2D eigenvalue weighted by molar-refractivity contribution is 5.98.